The van der Waals surface area contributed by atoms with Gasteiger partial charge in [-0.1, -0.05) is 11.8 Å². The van der Waals surface area contributed by atoms with Gasteiger partial charge in [-0.15, -0.1) is 0 Å². The highest BCUT2D eigenvalue weighted by Gasteiger charge is 2.22. The Hall–Kier alpha value is -1.35. The van der Waals surface area contributed by atoms with E-state index in [1.165, 1.54) is 0 Å². The molecule has 0 heterocycles. The first-order chi connectivity index (χ1) is 9.15. The lowest BCUT2D eigenvalue weighted by Crippen LogP contribution is -2.40. The monoisotopic (exact) mass is 295 g/mol. The summed E-state index contributed by atoms with van der Waals surface area (Å²) in [5, 5.41) is 8.68. The van der Waals surface area contributed by atoms with E-state index in [1.54, 1.807) is 39.0 Å². The number of benzene rings is 1. The van der Waals surface area contributed by atoms with E-state index >= 15 is 0 Å². The van der Waals surface area contributed by atoms with Gasteiger partial charge in [-0.2, -0.15) is 0 Å². The van der Waals surface area contributed by atoms with Gasteiger partial charge in [0.2, 0.25) is 10.0 Å². The van der Waals surface area contributed by atoms with Crippen molar-refractivity contribution >= 4 is 10.0 Å². The molecule has 0 aliphatic rings. The Kier molecular flexibility index (Phi) is 5.35. The molecule has 1 aromatic carbocycles. The maximum atomic E-state index is 12.2. The first-order valence-corrected chi connectivity index (χ1v) is 7.88. The molecule has 5 heteroatoms. The SMILES string of the molecule is Cc1cc(S(=O)(=O)NC(C)(C)C)ccc1C#CCCO. The number of hydrogen-bond acceptors (Lipinski definition) is 3. The van der Waals surface area contributed by atoms with E-state index < -0.39 is 15.6 Å². The molecule has 4 nitrogen and oxygen atoms in total. The van der Waals surface area contributed by atoms with Gasteiger partial charge in [-0.05, 0) is 51.5 Å². The molecule has 2 N–H and O–H groups in total. The van der Waals surface area contributed by atoms with E-state index in [0.717, 1.165) is 11.1 Å². The van der Waals surface area contributed by atoms with Gasteiger partial charge in [0, 0.05) is 17.5 Å². The average molecular weight is 295 g/mol. The van der Waals surface area contributed by atoms with E-state index in [0.29, 0.717) is 6.42 Å². The van der Waals surface area contributed by atoms with E-state index in [2.05, 4.69) is 16.6 Å². The third-order valence-corrected chi connectivity index (χ3v) is 4.16. The highest BCUT2D eigenvalue weighted by molar-refractivity contribution is 7.89. The lowest BCUT2D eigenvalue weighted by molar-refractivity contribution is 0.305. The van der Waals surface area contributed by atoms with Gasteiger partial charge in [-0.25, -0.2) is 13.1 Å². The summed E-state index contributed by atoms with van der Waals surface area (Å²) in [6, 6.07) is 4.85. The molecule has 0 aliphatic carbocycles. The summed E-state index contributed by atoms with van der Waals surface area (Å²) >= 11 is 0. The van der Waals surface area contributed by atoms with E-state index in [9.17, 15) is 8.42 Å². The van der Waals surface area contributed by atoms with Gasteiger partial charge in [0.1, 0.15) is 0 Å². The number of aryl methyl sites for hydroxylation is 1. The Bertz CT molecular complexity index is 631. The number of aliphatic hydroxyl groups is 1. The van der Waals surface area contributed by atoms with Gasteiger partial charge >= 0.3 is 0 Å². The Labute approximate surface area is 121 Å². The molecular formula is C15H21NO3S. The molecule has 0 aliphatic heterocycles. The largest absolute Gasteiger partial charge is 0.395 e. The van der Waals surface area contributed by atoms with Crippen LogP contribution in [0, 0.1) is 18.8 Å². The van der Waals surface area contributed by atoms with Gasteiger partial charge in [-0.3, -0.25) is 0 Å². The van der Waals surface area contributed by atoms with Crippen molar-refractivity contribution in [3.63, 3.8) is 0 Å². The van der Waals surface area contributed by atoms with Crippen LogP contribution >= 0.6 is 0 Å². The average Bonchev–Trinajstić information content (AvgIpc) is 2.28. The predicted molar refractivity (Wildman–Crippen MR) is 79.8 cm³/mol. The molecule has 0 amide bonds. The summed E-state index contributed by atoms with van der Waals surface area (Å²) in [5.41, 5.74) is 1.05. The summed E-state index contributed by atoms with van der Waals surface area (Å²) < 4.78 is 27.0. The lowest BCUT2D eigenvalue weighted by Gasteiger charge is -2.20. The van der Waals surface area contributed by atoms with Crippen LogP contribution in [-0.2, 0) is 10.0 Å². The number of nitrogens with one attached hydrogen (secondary N) is 1. The van der Waals surface area contributed by atoms with Crippen molar-refractivity contribution in [2.24, 2.45) is 0 Å². The third-order valence-electron chi connectivity index (χ3n) is 2.41. The molecule has 1 rings (SSSR count). The van der Waals surface area contributed by atoms with E-state index in [1.807, 2.05) is 6.92 Å². The summed E-state index contributed by atoms with van der Waals surface area (Å²) in [6.45, 7) is 7.23. The third kappa shape index (κ3) is 4.97. The zero-order valence-corrected chi connectivity index (χ0v) is 13.1. The number of hydrogen-bond donors (Lipinski definition) is 2. The van der Waals surface area contributed by atoms with Crippen molar-refractivity contribution in [2.75, 3.05) is 6.61 Å². The minimum absolute atomic E-state index is 0.0218. The molecule has 0 bridgehead atoms. The maximum absolute atomic E-state index is 12.2. The Balaban J connectivity index is 3.07. The Morgan fingerprint density at radius 2 is 1.95 bits per heavy atom. The summed E-state index contributed by atoms with van der Waals surface area (Å²) in [6.07, 6.45) is 0.408. The van der Waals surface area contributed by atoms with Crippen LogP contribution in [0.15, 0.2) is 23.1 Å². The van der Waals surface area contributed by atoms with Crippen LogP contribution < -0.4 is 4.72 Å². The molecule has 0 aromatic heterocycles. The first-order valence-electron chi connectivity index (χ1n) is 6.40. The molecular weight excluding hydrogens is 274 g/mol. The van der Waals surface area contributed by atoms with Crippen molar-refractivity contribution in [1.82, 2.24) is 4.72 Å². The van der Waals surface area contributed by atoms with Crippen LogP contribution in [-0.4, -0.2) is 25.7 Å². The molecule has 1 aromatic rings. The standard InChI is InChI=1S/C15H21NO3S/c1-12-11-14(20(18,19)16-15(2,3)4)9-8-13(12)7-5-6-10-17/h8-9,11,16-17H,6,10H2,1-4H3. The number of aliphatic hydroxyl groups excluding tert-OH is 1. The van der Waals surface area contributed by atoms with E-state index in [4.69, 9.17) is 5.11 Å². The quantitative estimate of drug-likeness (QED) is 0.836. The van der Waals surface area contributed by atoms with Crippen LogP contribution in [0.25, 0.3) is 0 Å². The minimum Gasteiger partial charge on any atom is -0.395 e. The molecule has 0 radical (unpaired) electrons. The van der Waals surface area contributed by atoms with Crippen LogP contribution in [0.5, 0.6) is 0 Å². The predicted octanol–water partition coefficient (Wildman–Crippen LogP) is 1.81. The molecule has 0 saturated carbocycles. The second-order valence-electron chi connectivity index (χ2n) is 5.61. The second-order valence-corrected chi connectivity index (χ2v) is 7.29. The van der Waals surface area contributed by atoms with Crippen LogP contribution in [0.1, 0.15) is 38.3 Å². The van der Waals surface area contributed by atoms with Crippen LogP contribution in [0.2, 0.25) is 0 Å². The highest BCUT2D eigenvalue weighted by Crippen LogP contribution is 2.17. The molecule has 0 atom stereocenters. The van der Waals surface area contributed by atoms with Gasteiger partial charge < -0.3 is 5.11 Å². The molecule has 0 saturated heterocycles. The zero-order chi connectivity index (χ0) is 15.4. The molecule has 0 unspecified atom stereocenters. The summed E-state index contributed by atoms with van der Waals surface area (Å²) in [7, 11) is -3.52. The maximum Gasteiger partial charge on any atom is 0.241 e. The fraction of sp³-hybridized carbons (Fsp3) is 0.467. The van der Waals surface area contributed by atoms with E-state index in [-0.39, 0.29) is 11.5 Å². The summed E-state index contributed by atoms with van der Waals surface area (Å²) in [5.74, 6) is 5.74. The molecule has 0 fully saturated rings. The van der Waals surface area contributed by atoms with Crippen molar-refractivity contribution in [1.29, 1.82) is 0 Å². The number of sulfonamides is 1. The minimum atomic E-state index is -3.52. The van der Waals surface area contributed by atoms with Crippen LogP contribution in [0.3, 0.4) is 0 Å². The van der Waals surface area contributed by atoms with Crippen LogP contribution in [0.4, 0.5) is 0 Å². The number of rotatable bonds is 3. The molecule has 20 heavy (non-hydrogen) atoms. The summed E-state index contributed by atoms with van der Waals surface area (Å²) in [4.78, 5) is 0.234. The first kappa shape index (κ1) is 16.7. The molecule has 110 valence electrons. The van der Waals surface area contributed by atoms with Gasteiger partial charge in [0.05, 0.1) is 11.5 Å². The highest BCUT2D eigenvalue weighted by atomic mass is 32.2. The lowest BCUT2D eigenvalue weighted by atomic mass is 10.1. The van der Waals surface area contributed by atoms with Crippen molar-refractivity contribution < 1.29 is 13.5 Å². The topological polar surface area (TPSA) is 66.4 Å². The van der Waals surface area contributed by atoms with Crippen molar-refractivity contribution in [2.45, 2.75) is 44.6 Å². The zero-order valence-electron chi connectivity index (χ0n) is 12.3. The normalized spacial score (nSPS) is 11.8. The van der Waals surface area contributed by atoms with Crippen molar-refractivity contribution in [3.05, 3.63) is 29.3 Å². The van der Waals surface area contributed by atoms with Crippen molar-refractivity contribution in [3.8, 4) is 11.8 Å². The van der Waals surface area contributed by atoms with Gasteiger partial charge in [0.25, 0.3) is 0 Å². The smallest absolute Gasteiger partial charge is 0.241 e. The molecule has 0 spiro atoms. The fourth-order valence-corrected chi connectivity index (χ4v) is 3.12. The fourth-order valence-electron chi connectivity index (χ4n) is 1.62. The Morgan fingerprint density at radius 3 is 2.45 bits per heavy atom. The Morgan fingerprint density at radius 1 is 1.30 bits per heavy atom. The second kappa shape index (κ2) is 6.40. The van der Waals surface area contributed by atoms with Gasteiger partial charge in [0.15, 0.2) is 0 Å².